The first kappa shape index (κ1) is 33.4. The van der Waals surface area contributed by atoms with E-state index >= 15 is 0 Å². The van der Waals surface area contributed by atoms with Gasteiger partial charge < -0.3 is 25.0 Å². The number of ether oxygens (including phenoxy) is 2. The maximum Gasteiger partial charge on any atom is 0.408 e. The number of unbranched alkanes of at least 4 members (excludes halogenated alkanes) is 5. The summed E-state index contributed by atoms with van der Waals surface area (Å²) in [4.78, 5) is 42.0. The topological polar surface area (TPSA) is 97.0 Å². The molecule has 0 saturated heterocycles. The second-order valence-electron chi connectivity index (χ2n) is 11.2. The van der Waals surface area contributed by atoms with Gasteiger partial charge in [0.05, 0.1) is 7.11 Å². The Labute approximate surface area is 245 Å². The fourth-order valence-corrected chi connectivity index (χ4v) is 4.44. The van der Waals surface area contributed by atoms with Gasteiger partial charge in [-0.15, -0.1) is 0 Å². The van der Waals surface area contributed by atoms with Gasteiger partial charge in [0, 0.05) is 12.2 Å². The first-order chi connectivity index (χ1) is 19.5. The summed E-state index contributed by atoms with van der Waals surface area (Å²) in [6.07, 6.45) is 7.16. The summed E-state index contributed by atoms with van der Waals surface area (Å²) in [5, 5.41) is 5.62. The third-order valence-electron chi connectivity index (χ3n) is 6.52. The Bertz CT molecular complexity index is 1140. The predicted octanol–water partition coefficient (Wildman–Crippen LogP) is 7.12. The minimum atomic E-state index is -0.942. The van der Waals surface area contributed by atoms with Gasteiger partial charge in [-0.3, -0.25) is 9.59 Å². The van der Waals surface area contributed by atoms with Gasteiger partial charge in [-0.05, 0) is 75.6 Å². The molecular weight excluding hydrogens is 518 g/mol. The normalized spacial score (nSPS) is 12.5. The molecule has 2 rings (SSSR count). The van der Waals surface area contributed by atoms with Crippen molar-refractivity contribution in [3.63, 3.8) is 0 Å². The van der Waals surface area contributed by atoms with Gasteiger partial charge in [-0.25, -0.2) is 4.79 Å². The fraction of sp³-hybridized carbons (Fsp3) is 0.485. The zero-order valence-corrected chi connectivity index (χ0v) is 25.5. The van der Waals surface area contributed by atoms with Gasteiger partial charge in [0.25, 0.3) is 5.91 Å². The van der Waals surface area contributed by atoms with Crippen LogP contribution in [0.5, 0.6) is 5.75 Å². The van der Waals surface area contributed by atoms with Crippen molar-refractivity contribution in [1.82, 2.24) is 10.2 Å². The second kappa shape index (κ2) is 16.5. The molecule has 41 heavy (non-hydrogen) atoms. The second-order valence-corrected chi connectivity index (χ2v) is 11.2. The van der Waals surface area contributed by atoms with Gasteiger partial charge in [0.2, 0.25) is 5.91 Å². The Morgan fingerprint density at radius 2 is 1.66 bits per heavy atom. The number of amides is 3. The summed E-state index contributed by atoms with van der Waals surface area (Å²) in [6, 6.07) is 12.6. The summed E-state index contributed by atoms with van der Waals surface area (Å²) in [7, 11) is 1.58. The molecule has 0 aliphatic heterocycles. The third-order valence-corrected chi connectivity index (χ3v) is 6.52. The molecule has 2 atom stereocenters. The molecule has 0 radical (unpaired) electrons. The van der Waals surface area contributed by atoms with E-state index in [0.717, 1.165) is 37.7 Å². The first-order valence-electron chi connectivity index (χ1n) is 14.5. The average Bonchev–Trinajstić information content (AvgIpc) is 2.93. The molecule has 0 aliphatic carbocycles. The van der Waals surface area contributed by atoms with Crippen LogP contribution in [0.4, 0.5) is 10.5 Å². The van der Waals surface area contributed by atoms with Crippen LogP contribution in [0.15, 0.2) is 55.1 Å². The molecular formula is C33H47N3O5. The van der Waals surface area contributed by atoms with Crippen molar-refractivity contribution >= 4 is 29.7 Å². The van der Waals surface area contributed by atoms with Crippen molar-refractivity contribution in [2.24, 2.45) is 0 Å². The van der Waals surface area contributed by atoms with Crippen LogP contribution in [-0.4, -0.2) is 48.1 Å². The molecule has 2 N–H and O–H groups in total. The summed E-state index contributed by atoms with van der Waals surface area (Å²) in [5.74, 6) is -0.0661. The number of carbonyl (C=O) groups excluding carboxylic acids is 3. The Morgan fingerprint density at radius 1 is 1.00 bits per heavy atom. The molecule has 3 amide bonds. The van der Waals surface area contributed by atoms with Crippen molar-refractivity contribution in [3.05, 3.63) is 66.2 Å². The van der Waals surface area contributed by atoms with Crippen LogP contribution in [0.2, 0.25) is 0 Å². The third kappa shape index (κ3) is 11.3. The number of carbonyl (C=O) groups is 3. The largest absolute Gasteiger partial charge is 0.497 e. The summed E-state index contributed by atoms with van der Waals surface area (Å²) >= 11 is 0. The van der Waals surface area contributed by atoms with E-state index in [2.05, 4.69) is 24.1 Å². The number of alkyl carbamates (subject to hydrolysis) is 1. The van der Waals surface area contributed by atoms with Crippen LogP contribution in [0.3, 0.4) is 0 Å². The number of benzene rings is 2. The zero-order valence-electron chi connectivity index (χ0n) is 25.5. The lowest BCUT2D eigenvalue weighted by molar-refractivity contribution is -0.140. The minimum Gasteiger partial charge on any atom is -0.497 e. The standard InChI is InChI=1S/C33H47N3O5/c1-8-10-11-12-13-14-22-36(31(38)24(3)34-32(39)41-33(4,5)6)29(26-17-15-16-25(9-2)23-26)30(37)35-27-18-20-28(40-7)21-19-27/h9,15-21,23-24,29H,2,8,10-14,22H2,1,3-7H3,(H,34,39)(H,35,37). The van der Waals surface area contributed by atoms with Gasteiger partial charge in [-0.2, -0.15) is 0 Å². The summed E-state index contributed by atoms with van der Waals surface area (Å²) in [6.45, 7) is 13.3. The molecule has 2 aromatic rings. The van der Waals surface area contributed by atoms with E-state index in [0.29, 0.717) is 23.5 Å². The fourth-order valence-electron chi connectivity index (χ4n) is 4.44. The van der Waals surface area contributed by atoms with Gasteiger partial charge >= 0.3 is 6.09 Å². The molecule has 0 bridgehead atoms. The Morgan fingerprint density at radius 3 is 2.27 bits per heavy atom. The molecule has 0 aliphatic rings. The highest BCUT2D eigenvalue weighted by Crippen LogP contribution is 2.27. The molecule has 0 spiro atoms. The van der Waals surface area contributed by atoms with Crippen LogP contribution < -0.4 is 15.4 Å². The van der Waals surface area contributed by atoms with Crippen LogP contribution in [0.1, 0.15) is 90.3 Å². The van der Waals surface area contributed by atoms with E-state index in [1.807, 2.05) is 24.3 Å². The van der Waals surface area contributed by atoms with Crippen molar-refractivity contribution in [3.8, 4) is 5.75 Å². The zero-order chi connectivity index (χ0) is 30.4. The molecule has 8 heteroatoms. The number of nitrogens with one attached hydrogen (secondary N) is 2. The number of methoxy groups -OCH3 is 1. The predicted molar refractivity (Wildman–Crippen MR) is 165 cm³/mol. The molecule has 2 unspecified atom stereocenters. The minimum absolute atomic E-state index is 0.352. The average molecular weight is 566 g/mol. The van der Waals surface area contributed by atoms with E-state index in [1.54, 1.807) is 70.0 Å². The lowest BCUT2D eigenvalue weighted by Crippen LogP contribution is -2.51. The van der Waals surface area contributed by atoms with Crippen LogP contribution in [0, 0.1) is 0 Å². The molecule has 0 fully saturated rings. The maximum absolute atomic E-state index is 14.0. The Kier molecular flexibility index (Phi) is 13.4. The van der Waals surface area contributed by atoms with E-state index in [4.69, 9.17) is 9.47 Å². The number of nitrogens with zero attached hydrogens (tertiary/aromatic N) is 1. The van der Waals surface area contributed by atoms with E-state index < -0.39 is 23.8 Å². The first-order valence-corrected chi connectivity index (χ1v) is 14.5. The van der Waals surface area contributed by atoms with Crippen LogP contribution in [-0.2, 0) is 14.3 Å². The molecule has 0 aromatic heterocycles. The molecule has 2 aromatic carbocycles. The molecule has 0 heterocycles. The van der Waals surface area contributed by atoms with Crippen molar-refractivity contribution < 1.29 is 23.9 Å². The highest BCUT2D eigenvalue weighted by Gasteiger charge is 2.34. The number of anilines is 1. The smallest absolute Gasteiger partial charge is 0.408 e. The van der Waals surface area contributed by atoms with Crippen LogP contribution in [0.25, 0.3) is 6.08 Å². The summed E-state index contributed by atoms with van der Waals surface area (Å²) in [5.41, 5.74) is 1.35. The van der Waals surface area contributed by atoms with Gasteiger partial charge in [-0.1, -0.05) is 69.9 Å². The monoisotopic (exact) mass is 565 g/mol. The van der Waals surface area contributed by atoms with Crippen molar-refractivity contribution in [2.45, 2.75) is 90.8 Å². The maximum atomic E-state index is 14.0. The highest BCUT2D eigenvalue weighted by molar-refractivity contribution is 5.99. The quantitative estimate of drug-likeness (QED) is 0.224. The van der Waals surface area contributed by atoms with E-state index in [-0.39, 0.29) is 11.8 Å². The number of rotatable bonds is 15. The summed E-state index contributed by atoms with van der Waals surface area (Å²) < 4.78 is 10.6. The van der Waals surface area contributed by atoms with E-state index in [1.165, 1.54) is 6.42 Å². The van der Waals surface area contributed by atoms with E-state index in [9.17, 15) is 14.4 Å². The highest BCUT2D eigenvalue weighted by atomic mass is 16.6. The number of hydrogen-bond acceptors (Lipinski definition) is 5. The molecule has 0 saturated carbocycles. The lowest BCUT2D eigenvalue weighted by Gasteiger charge is -2.34. The Hall–Kier alpha value is -3.81. The van der Waals surface area contributed by atoms with Gasteiger partial charge in [0.15, 0.2) is 0 Å². The molecule has 8 nitrogen and oxygen atoms in total. The van der Waals surface area contributed by atoms with Crippen LogP contribution >= 0.6 is 0 Å². The number of hydrogen-bond donors (Lipinski definition) is 2. The lowest BCUT2D eigenvalue weighted by atomic mass is 9.99. The van der Waals surface area contributed by atoms with Crippen molar-refractivity contribution in [1.29, 1.82) is 0 Å². The Balaban J connectivity index is 2.43. The molecule has 224 valence electrons. The SMILES string of the molecule is C=Cc1cccc(C(C(=O)Nc2ccc(OC)cc2)N(CCCCCCCC)C(=O)C(C)NC(=O)OC(C)(C)C)c1. The van der Waals surface area contributed by atoms with Gasteiger partial charge in [0.1, 0.15) is 23.4 Å². The van der Waals surface area contributed by atoms with Crippen molar-refractivity contribution in [2.75, 3.05) is 19.0 Å².